The molecular formula is C16H20N4O4. The SMILES string of the molecule is Cc1c(N2CCN(C(=O)c3ccco3)CC2)c(=O)n(C)c(=O)n1C. The zero-order valence-corrected chi connectivity index (χ0v) is 14.0. The number of hydrogen-bond acceptors (Lipinski definition) is 5. The number of aromatic nitrogens is 2. The van der Waals surface area contributed by atoms with Crippen LogP contribution in [0.5, 0.6) is 0 Å². The molecule has 1 amide bonds. The first kappa shape index (κ1) is 16.1. The summed E-state index contributed by atoms with van der Waals surface area (Å²) in [4.78, 5) is 40.4. The van der Waals surface area contributed by atoms with E-state index in [1.165, 1.54) is 17.9 Å². The molecule has 2 aromatic heterocycles. The van der Waals surface area contributed by atoms with Crippen molar-refractivity contribution in [3.63, 3.8) is 0 Å². The van der Waals surface area contributed by atoms with Crippen LogP contribution in [-0.4, -0.2) is 46.1 Å². The van der Waals surface area contributed by atoms with Crippen LogP contribution in [0.4, 0.5) is 5.69 Å². The highest BCUT2D eigenvalue weighted by Gasteiger charge is 2.26. The van der Waals surface area contributed by atoms with E-state index in [0.29, 0.717) is 43.3 Å². The highest BCUT2D eigenvalue weighted by atomic mass is 16.3. The molecule has 0 radical (unpaired) electrons. The first-order chi connectivity index (χ1) is 11.4. The molecule has 0 aromatic carbocycles. The Kier molecular flexibility index (Phi) is 4.04. The molecule has 8 heteroatoms. The number of anilines is 1. The molecule has 1 aliphatic rings. The van der Waals surface area contributed by atoms with Crippen LogP contribution in [0.3, 0.4) is 0 Å². The van der Waals surface area contributed by atoms with Crippen molar-refractivity contribution in [3.8, 4) is 0 Å². The maximum atomic E-state index is 12.5. The van der Waals surface area contributed by atoms with Gasteiger partial charge in [0, 0.05) is 46.0 Å². The maximum Gasteiger partial charge on any atom is 0.330 e. The molecule has 0 atom stereocenters. The summed E-state index contributed by atoms with van der Waals surface area (Å²) in [7, 11) is 3.13. The number of carbonyl (C=O) groups excluding carboxylic acids is 1. The number of furan rings is 1. The number of rotatable bonds is 2. The van der Waals surface area contributed by atoms with Crippen LogP contribution in [0.1, 0.15) is 16.2 Å². The third-order valence-corrected chi connectivity index (χ3v) is 4.54. The molecule has 3 rings (SSSR count). The van der Waals surface area contributed by atoms with E-state index >= 15 is 0 Å². The standard InChI is InChI=1S/C16H20N4O4/c1-11-13(15(22)18(3)16(23)17(11)2)19-6-8-20(9-7-19)14(21)12-5-4-10-24-12/h4-5,10H,6-9H2,1-3H3. The lowest BCUT2D eigenvalue weighted by Crippen LogP contribution is -2.52. The molecule has 1 saturated heterocycles. The molecule has 2 aromatic rings. The lowest BCUT2D eigenvalue weighted by Gasteiger charge is -2.36. The third kappa shape index (κ3) is 2.53. The fraction of sp³-hybridized carbons (Fsp3) is 0.438. The van der Waals surface area contributed by atoms with E-state index in [0.717, 1.165) is 4.57 Å². The Bertz CT molecular complexity index is 871. The molecule has 0 saturated carbocycles. The minimum absolute atomic E-state index is 0.148. The second kappa shape index (κ2) is 6.03. The average molecular weight is 332 g/mol. The van der Waals surface area contributed by atoms with Crippen LogP contribution in [0.15, 0.2) is 32.4 Å². The molecule has 0 unspecified atom stereocenters. The van der Waals surface area contributed by atoms with Crippen LogP contribution in [0, 0.1) is 6.92 Å². The summed E-state index contributed by atoms with van der Waals surface area (Å²) < 4.78 is 7.73. The van der Waals surface area contributed by atoms with Crippen LogP contribution >= 0.6 is 0 Å². The number of amides is 1. The van der Waals surface area contributed by atoms with Crippen LogP contribution in [-0.2, 0) is 14.1 Å². The number of carbonyl (C=O) groups is 1. The summed E-state index contributed by atoms with van der Waals surface area (Å²) in [5.41, 5.74) is 0.507. The predicted octanol–water partition coefficient (Wildman–Crippen LogP) is -0.0522. The number of piperazine rings is 1. The molecule has 0 spiro atoms. The zero-order valence-electron chi connectivity index (χ0n) is 14.0. The van der Waals surface area contributed by atoms with E-state index in [1.54, 1.807) is 31.0 Å². The zero-order chi connectivity index (χ0) is 17.4. The first-order valence-corrected chi connectivity index (χ1v) is 7.76. The Balaban J connectivity index is 1.82. The molecule has 0 N–H and O–H groups in total. The largest absolute Gasteiger partial charge is 0.459 e. The molecule has 8 nitrogen and oxygen atoms in total. The highest BCUT2D eigenvalue weighted by molar-refractivity contribution is 5.91. The first-order valence-electron chi connectivity index (χ1n) is 7.76. The van der Waals surface area contributed by atoms with Gasteiger partial charge in [-0.15, -0.1) is 0 Å². The van der Waals surface area contributed by atoms with Crippen LogP contribution < -0.4 is 16.1 Å². The number of hydrogen-bond donors (Lipinski definition) is 0. The van der Waals surface area contributed by atoms with Crippen LogP contribution in [0.2, 0.25) is 0 Å². The van der Waals surface area contributed by atoms with Crippen molar-refractivity contribution in [2.45, 2.75) is 6.92 Å². The van der Waals surface area contributed by atoms with Gasteiger partial charge in [-0.1, -0.05) is 0 Å². The van der Waals surface area contributed by atoms with Crippen molar-refractivity contribution in [2.75, 3.05) is 31.1 Å². The quantitative estimate of drug-likeness (QED) is 0.770. The fourth-order valence-electron chi connectivity index (χ4n) is 2.98. The Morgan fingerprint density at radius 1 is 1.08 bits per heavy atom. The van der Waals surface area contributed by atoms with Crippen molar-refractivity contribution < 1.29 is 9.21 Å². The summed E-state index contributed by atoms with van der Waals surface area (Å²) in [5.74, 6) is 0.169. The van der Waals surface area contributed by atoms with E-state index in [2.05, 4.69) is 0 Å². The van der Waals surface area contributed by atoms with E-state index in [-0.39, 0.29) is 17.2 Å². The molecule has 128 valence electrons. The minimum atomic E-state index is -0.340. The molecule has 0 aliphatic carbocycles. The Hall–Kier alpha value is -2.77. The van der Waals surface area contributed by atoms with E-state index in [9.17, 15) is 14.4 Å². The second-order valence-corrected chi connectivity index (χ2v) is 5.90. The lowest BCUT2D eigenvalue weighted by molar-refractivity contribution is 0.0714. The van der Waals surface area contributed by atoms with Crippen molar-refractivity contribution in [1.82, 2.24) is 14.0 Å². The van der Waals surface area contributed by atoms with Crippen molar-refractivity contribution in [3.05, 3.63) is 50.7 Å². The van der Waals surface area contributed by atoms with Gasteiger partial charge in [0.1, 0.15) is 5.69 Å². The Morgan fingerprint density at radius 3 is 2.33 bits per heavy atom. The van der Waals surface area contributed by atoms with Gasteiger partial charge in [0.05, 0.1) is 6.26 Å². The second-order valence-electron chi connectivity index (χ2n) is 5.90. The average Bonchev–Trinajstić information content (AvgIpc) is 3.13. The topological polar surface area (TPSA) is 80.7 Å². The Morgan fingerprint density at radius 2 is 1.75 bits per heavy atom. The van der Waals surface area contributed by atoms with Crippen molar-refractivity contribution >= 4 is 11.6 Å². The molecule has 3 heterocycles. The van der Waals surface area contributed by atoms with Gasteiger partial charge in [0.25, 0.3) is 11.5 Å². The summed E-state index contributed by atoms with van der Waals surface area (Å²) in [5, 5.41) is 0. The summed E-state index contributed by atoms with van der Waals surface area (Å²) >= 11 is 0. The van der Waals surface area contributed by atoms with Gasteiger partial charge in [0.15, 0.2) is 5.76 Å². The predicted molar refractivity (Wildman–Crippen MR) is 88.5 cm³/mol. The van der Waals surface area contributed by atoms with Gasteiger partial charge in [0.2, 0.25) is 0 Å². The maximum absolute atomic E-state index is 12.5. The minimum Gasteiger partial charge on any atom is -0.459 e. The van der Waals surface area contributed by atoms with Gasteiger partial charge in [-0.3, -0.25) is 18.7 Å². The summed E-state index contributed by atoms with van der Waals surface area (Å²) in [6.45, 7) is 3.80. The van der Waals surface area contributed by atoms with Gasteiger partial charge in [-0.2, -0.15) is 0 Å². The molecular weight excluding hydrogens is 312 g/mol. The highest BCUT2D eigenvalue weighted by Crippen LogP contribution is 2.16. The van der Waals surface area contributed by atoms with Crippen molar-refractivity contribution in [1.29, 1.82) is 0 Å². The molecule has 0 bridgehead atoms. The molecule has 1 aliphatic heterocycles. The normalized spacial score (nSPS) is 15.0. The smallest absolute Gasteiger partial charge is 0.330 e. The van der Waals surface area contributed by atoms with Gasteiger partial charge in [-0.05, 0) is 19.1 Å². The van der Waals surface area contributed by atoms with Gasteiger partial charge < -0.3 is 14.2 Å². The van der Waals surface area contributed by atoms with E-state index in [1.807, 2.05) is 4.90 Å². The monoisotopic (exact) mass is 332 g/mol. The van der Waals surface area contributed by atoms with Gasteiger partial charge >= 0.3 is 5.69 Å². The molecule has 1 fully saturated rings. The fourth-order valence-corrected chi connectivity index (χ4v) is 2.98. The lowest BCUT2D eigenvalue weighted by atomic mass is 10.2. The third-order valence-electron chi connectivity index (χ3n) is 4.54. The van der Waals surface area contributed by atoms with Gasteiger partial charge in [-0.25, -0.2) is 4.79 Å². The molecule has 24 heavy (non-hydrogen) atoms. The summed E-state index contributed by atoms with van der Waals surface area (Å²) in [6, 6.07) is 3.32. The summed E-state index contributed by atoms with van der Waals surface area (Å²) in [6.07, 6.45) is 1.47. The van der Waals surface area contributed by atoms with Crippen molar-refractivity contribution in [2.24, 2.45) is 14.1 Å². The van der Waals surface area contributed by atoms with E-state index in [4.69, 9.17) is 4.42 Å². The van der Waals surface area contributed by atoms with E-state index < -0.39 is 0 Å². The van der Waals surface area contributed by atoms with Crippen LogP contribution in [0.25, 0.3) is 0 Å². The Labute approximate surface area is 138 Å². The number of nitrogens with zero attached hydrogens (tertiary/aromatic N) is 4.